The lowest BCUT2D eigenvalue weighted by molar-refractivity contribution is 0.256. The van der Waals surface area contributed by atoms with Crippen LogP contribution in [0.4, 0.5) is 0 Å². The van der Waals surface area contributed by atoms with Gasteiger partial charge in [0.25, 0.3) is 0 Å². The minimum atomic E-state index is -0.378. The number of hydrogen-bond donors (Lipinski definition) is 3. The molecule has 0 aliphatic heterocycles. The minimum absolute atomic E-state index is 0.0116. The quantitative estimate of drug-likeness (QED) is 0.480. The van der Waals surface area contributed by atoms with E-state index >= 15 is 0 Å². The SMILES string of the molecule is NC1CC(n2c(=O)[nH][nH]c2=O)C1. The molecule has 1 aliphatic carbocycles. The Hall–Kier alpha value is -1.30. The van der Waals surface area contributed by atoms with Crippen molar-refractivity contribution in [1.82, 2.24) is 14.8 Å². The molecular weight excluding hydrogens is 160 g/mol. The van der Waals surface area contributed by atoms with Crippen LogP contribution in [0.15, 0.2) is 9.59 Å². The van der Waals surface area contributed by atoms with Gasteiger partial charge in [0, 0.05) is 12.1 Å². The van der Waals surface area contributed by atoms with E-state index in [1.165, 1.54) is 4.57 Å². The summed E-state index contributed by atoms with van der Waals surface area (Å²) >= 11 is 0. The largest absolute Gasteiger partial charge is 0.344 e. The van der Waals surface area contributed by atoms with Crippen LogP contribution in [0.3, 0.4) is 0 Å². The molecule has 0 unspecified atom stereocenters. The first-order valence-corrected chi connectivity index (χ1v) is 3.83. The molecule has 0 atom stereocenters. The molecule has 1 aromatic heterocycles. The van der Waals surface area contributed by atoms with Gasteiger partial charge in [0.1, 0.15) is 0 Å². The van der Waals surface area contributed by atoms with Crippen molar-refractivity contribution < 1.29 is 0 Å². The van der Waals surface area contributed by atoms with Crippen LogP contribution in [0.2, 0.25) is 0 Å². The Bertz CT molecular complexity index is 353. The summed E-state index contributed by atoms with van der Waals surface area (Å²) in [6, 6.07) is 0.124. The standard InChI is InChI=1S/C6H10N4O2/c7-3-1-4(2-3)10-5(11)8-9-6(10)12/h3-4H,1-2,7H2,(H,8,11)(H,9,12). The number of H-pyrrole nitrogens is 2. The summed E-state index contributed by atoms with van der Waals surface area (Å²) in [5, 5.41) is 4.46. The maximum atomic E-state index is 11.0. The molecule has 1 heterocycles. The lowest BCUT2D eigenvalue weighted by atomic mass is 9.87. The number of hydrogen-bond acceptors (Lipinski definition) is 3. The minimum Gasteiger partial charge on any atom is -0.328 e. The summed E-state index contributed by atoms with van der Waals surface area (Å²) in [6.45, 7) is 0. The lowest BCUT2D eigenvalue weighted by Gasteiger charge is -2.31. The first-order valence-electron chi connectivity index (χ1n) is 3.83. The summed E-state index contributed by atoms with van der Waals surface area (Å²) in [6.07, 6.45) is 1.42. The molecule has 1 saturated carbocycles. The van der Waals surface area contributed by atoms with Crippen molar-refractivity contribution in [2.24, 2.45) is 5.73 Å². The van der Waals surface area contributed by atoms with Crippen molar-refractivity contribution in [3.05, 3.63) is 21.0 Å². The molecule has 1 aromatic rings. The molecule has 1 fully saturated rings. The van der Waals surface area contributed by atoms with Gasteiger partial charge in [-0.3, -0.25) is 0 Å². The smallest absolute Gasteiger partial charge is 0.328 e. The third kappa shape index (κ3) is 0.918. The highest BCUT2D eigenvalue weighted by molar-refractivity contribution is 4.88. The van der Waals surface area contributed by atoms with Crippen LogP contribution in [0.25, 0.3) is 0 Å². The summed E-state index contributed by atoms with van der Waals surface area (Å²) in [7, 11) is 0. The topological polar surface area (TPSA) is 96.7 Å². The Morgan fingerprint density at radius 3 is 2.17 bits per heavy atom. The fourth-order valence-corrected chi connectivity index (χ4v) is 1.49. The summed E-state index contributed by atoms with van der Waals surface area (Å²) in [5.74, 6) is 0. The van der Waals surface area contributed by atoms with Crippen LogP contribution in [0.5, 0.6) is 0 Å². The van der Waals surface area contributed by atoms with Crippen LogP contribution >= 0.6 is 0 Å². The Labute approximate surface area is 67.4 Å². The van der Waals surface area contributed by atoms with Crippen molar-refractivity contribution >= 4 is 0 Å². The van der Waals surface area contributed by atoms with E-state index in [2.05, 4.69) is 10.2 Å². The van der Waals surface area contributed by atoms with E-state index in [9.17, 15) is 9.59 Å². The van der Waals surface area contributed by atoms with Gasteiger partial charge in [0.2, 0.25) is 0 Å². The van der Waals surface area contributed by atoms with Gasteiger partial charge in [-0.05, 0) is 12.8 Å². The zero-order valence-corrected chi connectivity index (χ0v) is 6.41. The highest BCUT2D eigenvalue weighted by Crippen LogP contribution is 2.27. The normalized spacial score (nSPS) is 28.4. The summed E-state index contributed by atoms with van der Waals surface area (Å²) in [5.41, 5.74) is 4.78. The molecule has 0 aromatic carbocycles. The van der Waals surface area contributed by atoms with Crippen molar-refractivity contribution in [2.75, 3.05) is 0 Å². The summed E-state index contributed by atoms with van der Waals surface area (Å²) in [4.78, 5) is 22.0. The zero-order chi connectivity index (χ0) is 8.72. The average molecular weight is 170 g/mol. The van der Waals surface area contributed by atoms with Crippen molar-refractivity contribution in [3.63, 3.8) is 0 Å². The van der Waals surface area contributed by atoms with Gasteiger partial charge in [-0.15, -0.1) is 0 Å². The molecule has 1 aliphatic rings. The number of nitrogens with two attached hydrogens (primary N) is 1. The van der Waals surface area contributed by atoms with Crippen LogP contribution in [0.1, 0.15) is 18.9 Å². The second-order valence-electron chi connectivity index (χ2n) is 3.12. The zero-order valence-electron chi connectivity index (χ0n) is 6.41. The van der Waals surface area contributed by atoms with Crippen LogP contribution in [-0.4, -0.2) is 20.8 Å². The van der Waals surface area contributed by atoms with Gasteiger partial charge in [0.15, 0.2) is 0 Å². The third-order valence-electron chi connectivity index (χ3n) is 2.23. The van der Waals surface area contributed by atoms with Crippen LogP contribution in [-0.2, 0) is 0 Å². The van der Waals surface area contributed by atoms with Gasteiger partial charge >= 0.3 is 11.4 Å². The van der Waals surface area contributed by atoms with E-state index in [1.807, 2.05) is 0 Å². The molecule has 0 radical (unpaired) electrons. The molecule has 0 bridgehead atoms. The third-order valence-corrected chi connectivity index (χ3v) is 2.23. The summed E-state index contributed by atoms with van der Waals surface area (Å²) < 4.78 is 1.18. The van der Waals surface area contributed by atoms with E-state index < -0.39 is 0 Å². The number of aromatic nitrogens is 3. The predicted molar refractivity (Wildman–Crippen MR) is 41.9 cm³/mol. The van der Waals surface area contributed by atoms with E-state index in [-0.39, 0.29) is 23.5 Å². The lowest BCUT2D eigenvalue weighted by Crippen LogP contribution is -2.44. The number of nitrogens with one attached hydrogen (secondary N) is 2. The van der Waals surface area contributed by atoms with Crippen molar-refractivity contribution in [2.45, 2.75) is 24.9 Å². The monoisotopic (exact) mass is 170 g/mol. The van der Waals surface area contributed by atoms with Gasteiger partial charge in [0.05, 0.1) is 0 Å². The molecule has 0 spiro atoms. The first-order chi connectivity index (χ1) is 5.68. The molecule has 0 saturated heterocycles. The molecule has 6 nitrogen and oxygen atoms in total. The molecule has 2 rings (SSSR count). The van der Waals surface area contributed by atoms with E-state index in [0.717, 1.165) is 0 Å². The van der Waals surface area contributed by atoms with Gasteiger partial charge in [-0.2, -0.15) is 0 Å². The Morgan fingerprint density at radius 2 is 1.75 bits per heavy atom. The number of rotatable bonds is 1. The molecule has 6 heteroatoms. The predicted octanol–water partition coefficient (Wildman–Crippen LogP) is -1.47. The second kappa shape index (κ2) is 2.34. The fraction of sp³-hybridized carbons (Fsp3) is 0.667. The molecule has 4 N–H and O–H groups in total. The molecule has 66 valence electrons. The second-order valence-corrected chi connectivity index (χ2v) is 3.12. The number of aromatic amines is 2. The van der Waals surface area contributed by atoms with Gasteiger partial charge < -0.3 is 5.73 Å². The molecular formula is C6H10N4O2. The molecule has 0 amide bonds. The van der Waals surface area contributed by atoms with Crippen molar-refractivity contribution in [1.29, 1.82) is 0 Å². The number of nitrogens with zero attached hydrogens (tertiary/aromatic N) is 1. The molecule has 12 heavy (non-hydrogen) atoms. The fourth-order valence-electron chi connectivity index (χ4n) is 1.49. The van der Waals surface area contributed by atoms with Gasteiger partial charge in [-0.1, -0.05) is 0 Å². The first kappa shape index (κ1) is 7.35. The Morgan fingerprint density at radius 1 is 1.25 bits per heavy atom. The highest BCUT2D eigenvalue weighted by Gasteiger charge is 2.29. The van der Waals surface area contributed by atoms with Gasteiger partial charge in [-0.25, -0.2) is 24.4 Å². The Kier molecular flexibility index (Phi) is 1.44. The van der Waals surface area contributed by atoms with Crippen LogP contribution in [0, 0.1) is 0 Å². The van der Waals surface area contributed by atoms with E-state index in [1.54, 1.807) is 0 Å². The maximum Gasteiger partial charge on any atom is 0.344 e. The highest BCUT2D eigenvalue weighted by atomic mass is 16.2. The van der Waals surface area contributed by atoms with Crippen molar-refractivity contribution in [3.8, 4) is 0 Å². The van der Waals surface area contributed by atoms with E-state index in [0.29, 0.717) is 12.8 Å². The average Bonchev–Trinajstić information content (AvgIpc) is 2.26. The van der Waals surface area contributed by atoms with Crippen LogP contribution < -0.4 is 17.1 Å². The Balaban J connectivity index is 2.34. The van der Waals surface area contributed by atoms with E-state index in [4.69, 9.17) is 5.73 Å². The maximum absolute atomic E-state index is 11.0.